The van der Waals surface area contributed by atoms with Gasteiger partial charge in [-0.05, 0) is 37.5 Å². The minimum absolute atomic E-state index is 0.0790. The van der Waals surface area contributed by atoms with Gasteiger partial charge >= 0.3 is 5.97 Å². The highest BCUT2D eigenvalue weighted by Crippen LogP contribution is 2.44. The zero-order chi connectivity index (χ0) is 14.6. The number of hydrogen-bond donors (Lipinski definition) is 2. The largest absolute Gasteiger partial charge is 0.481 e. The summed E-state index contributed by atoms with van der Waals surface area (Å²) in [6, 6.07) is 0. The summed E-state index contributed by atoms with van der Waals surface area (Å²) in [5, 5.41) is 12.2. The number of carbonyl (C=O) groups excluding carboxylic acids is 1. The first-order valence-electron chi connectivity index (χ1n) is 8.06. The van der Waals surface area contributed by atoms with E-state index in [4.69, 9.17) is 0 Å². The third kappa shape index (κ3) is 3.53. The first kappa shape index (κ1) is 15.3. The third-order valence-corrected chi connectivity index (χ3v) is 5.39. The second-order valence-corrected chi connectivity index (χ2v) is 6.71. The van der Waals surface area contributed by atoms with Gasteiger partial charge in [0.1, 0.15) is 0 Å². The molecule has 0 aromatic carbocycles. The van der Waals surface area contributed by atoms with E-state index in [0.717, 1.165) is 18.9 Å². The first-order valence-corrected chi connectivity index (χ1v) is 8.06. The van der Waals surface area contributed by atoms with Crippen LogP contribution in [0.15, 0.2) is 0 Å². The Bertz CT molecular complexity index is 355. The van der Waals surface area contributed by atoms with Crippen LogP contribution < -0.4 is 5.32 Å². The number of nitrogens with one attached hydrogen (secondary N) is 1. The van der Waals surface area contributed by atoms with Crippen molar-refractivity contribution in [3.63, 3.8) is 0 Å². The number of rotatable bonds is 6. The molecule has 4 heteroatoms. The number of amides is 1. The van der Waals surface area contributed by atoms with Crippen molar-refractivity contribution in [2.75, 3.05) is 6.54 Å². The average molecular weight is 281 g/mol. The van der Waals surface area contributed by atoms with Gasteiger partial charge in [0.15, 0.2) is 0 Å². The predicted octanol–water partition coefficient (Wildman–Crippen LogP) is 2.96. The summed E-state index contributed by atoms with van der Waals surface area (Å²) in [4.78, 5) is 23.2. The Balaban J connectivity index is 1.69. The fraction of sp³-hybridized carbons (Fsp3) is 0.875. The molecule has 0 aromatic rings. The Hall–Kier alpha value is -1.06. The van der Waals surface area contributed by atoms with Crippen molar-refractivity contribution < 1.29 is 14.7 Å². The Kier molecular flexibility index (Phi) is 5.06. The number of hydrogen-bond acceptors (Lipinski definition) is 2. The normalized spacial score (nSPS) is 28.4. The Morgan fingerprint density at radius 1 is 1.15 bits per heavy atom. The Morgan fingerprint density at radius 3 is 2.20 bits per heavy atom. The van der Waals surface area contributed by atoms with Gasteiger partial charge in [0.05, 0.1) is 5.41 Å². The number of aliphatic carboxylic acids is 1. The second kappa shape index (κ2) is 6.59. The molecular weight excluding hydrogens is 254 g/mol. The monoisotopic (exact) mass is 281 g/mol. The highest BCUT2D eigenvalue weighted by molar-refractivity contribution is 5.85. The lowest BCUT2D eigenvalue weighted by Gasteiger charge is -2.37. The lowest BCUT2D eigenvalue weighted by Crippen LogP contribution is -2.43. The van der Waals surface area contributed by atoms with Crippen LogP contribution in [0.1, 0.15) is 64.7 Å². The number of carbonyl (C=O) groups is 2. The minimum Gasteiger partial charge on any atom is -0.481 e. The molecular formula is C16H27NO3. The number of carboxylic acid groups (broad SMARTS) is 1. The molecule has 114 valence electrons. The molecule has 0 radical (unpaired) electrons. The molecule has 1 amide bonds. The van der Waals surface area contributed by atoms with E-state index in [0.29, 0.717) is 18.8 Å². The molecule has 2 aliphatic rings. The van der Waals surface area contributed by atoms with Crippen LogP contribution >= 0.6 is 0 Å². The molecule has 2 saturated carbocycles. The van der Waals surface area contributed by atoms with E-state index < -0.39 is 11.4 Å². The van der Waals surface area contributed by atoms with E-state index in [-0.39, 0.29) is 12.3 Å². The summed E-state index contributed by atoms with van der Waals surface area (Å²) in [7, 11) is 0. The topological polar surface area (TPSA) is 66.4 Å². The molecule has 0 heterocycles. The third-order valence-electron chi connectivity index (χ3n) is 5.39. The molecule has 0 bridgehead atoms. The molecule has 2 aliphatic carbocycles. The summed E-state index contributed by atoms with van der Waals surface area (Å²) in [6.45, 7) is 2.97. The molecule has 0 unspecified atom stereocenters. The van der Waals surface area contributed by atoms with Gasteiger partial charge in [-0.1, -0.05) is 32.6 Å². The zero-order valence-electron chi connectivity index (χ0n) is 12.5. The summed E-state index contributed by atoms with van der Waals surface area (Å²) in [5.41, 5.74) is -0.760. The summed E-state index contributed by atoms with van der Waals surface area (Å²) in [5.74, 6) is 0.572. The minimum atomic E-state index is -0.803. The van der Waals surface area contributed by atoms with E-state index in [1.807, 2.05) is 0 Å². The molecule has 0 spiro atoms. The van der Waals surface area contributed by atoms with Crippen molar-refractivity contribution in [2.24, 2.45) is 17.3 Å². The summed E-state index contributed by atoms with van der Waals surface area (Å²) < 4.78 is 0. The van der Waals surface area contributed by atoms with Gasteiger partial charge in [-0.15, -0.1) is 0 Å². The smallest absolute Gasteiger partial charge is 0.310 e. The van der Waals surface area contributed by atoms with E-state index in [2.05, 4.69) is 12.2 Å². The van der Waals surface area contributed by atoms with Crippen LogP contribution in [0.3, 0.4) is 0 Å². The van der Waals surface area contributed by atoms with Gasteiger partial charge < -0.3 is 10.4 Å². The van der Waals surface area contributed by atoms with Crippen molar-refractivity contribution in [2.45, 2.75) is 64.7 Å². The van der Waals surface area contributed by atoms with Crippen LogP contribution in [0.25, 0.3) is 0 Å². The highest BCUT2D eigenvalue weighted by Gasteiger charge is 2.45. The average Bonchev–Trinajstić information content (AvgIpc) is 2.40. The highest BCUT2D eigenvalue weighted by atomic mass is 16.4. The van der Waals surface area contributed by atoms with Gasteiger partial charge in [-0.2, -0.15) is 0 Å². The van der Waals surface area contributed by atoms with Gasteiger partial charge in [0, 0.05) is 13.0 Å². The van der Waals surface area contributed by atoms with Crippen molar-refractivity contribution in [1.29, 1.82) is 0 Å². The van der Waals surface area contributed by atoms with E-state index >= 15 is 0 Å². The summed E-state index contributed by atoms with van der Waals surface area (Å²) in [6.07, 6.45) is 8.60. The summed E-state index contributed by atoms with van der Waals surface area (Å²) >= 11 is 0. The fourth-order valence-corrected chi connectivity index (χ4v) is 3.54. The lowest BCUT2D eigenvalue weighted by atomic mass is 9.66. The molecule has 4 nitrogen and oxygen atoms in total. The lowest BCUT2D eigenvalue weighted by molar-refractivity contribution is -0.157. The van der Waals surface area contributed by atoms with Crippen molar-refractivity contribution in [3.05, 3.63) is 0 Å². The number of carboxylic acids is 1. The van der Waals surface area contributed by atoms with Crippen molar-refractivity contribution >= 4 is 11.9 Å². The predicted molar refractivity (Wildman–Crippen MR) is 77.3 cm³/mol. The van der Waals surface area contributed by atoms with Crippen LogP contribution in [0.5, 0.6) is 0 Å². The van der Waals surface area contributed by atoms with Crippen LogP contribution in [-0.4, -0.2) is 23.5 Å². The Labute approximate surface area is 121 Å². The molecule has 0 saturated heterocycles. The van der Waals surface area contributed by atoms with Crippen LogP contribution in [0.4, 0.5) is 0 Å². The van der Waals surface area contributed by atoms with E-state index in [1.54, 1.807) is 0 Å². The van der Waals surface area contributed by atoms with Gasteiger partial charge in [0.25, 0.3) is 0 Å². The maximum Gasteiger partial charge on any atom is 0.310 e. The zero-order valence-corrected chi connectivity index (χ0v) is 12.5. The Morgan fingerprint density at radius 2 is 1.75 bits per heavy atom. The molecule has 0 aromatic heterocycles. The molecule has 2 N–H and O–H groups in total. The quantitative estimate of drug-likeness (QED) is 0.786. The van der Waals surface area contributed by atoms with Crippen LogP contribution in [0, 0.1) is 17.3 Å². The van der Waals surface area contributed by atoms with Crippen molar-refractivity contribution in [1.82, 2.24) is 5.32 Å². The fourth-order valence-electron chi connectivity index (χ4n) is 3.54. The molecule has 20 heavy (non-hydrogen) atoms. The second-order valence-electron chi connectivity index (χ2n) is 6.71. The maximum absolute atomic E-state index is 11.9. The van der Waals surface area contributed by atoms with Crippen LogP contribution in [-0.2, 0) is 9.59 Å². The molecule has 0 atom stereocenters. The molecule has 2 rings (SSSR count). The molecule has 2 fully saturated rings. The van der Waals surface area contributed by atoms with Crippen LogP contribution in [0.2, 0.25) is 0 Å². The van der Waals surface area contributed by atoms with Gasteiger partial charge in [-0.3, -0.25) is 9.59 Å². The first-order chi connectivity index (χ1) is 9.55. The van der Waals surface area contributed by atoms with Gasteiger partial charge in [-0.25, -0.2) is 0 Å². The van der Waals surface area contributed by atoms with E-state index in [1.165, 1.54) is 32.1 Å². The van der Waals surface area contributed by atoms with E-state index in [9.17, 15) is 14.7 Å². The maximum atomic E-state index is 11.9. The standard InChI is InChI=1S/C16H27NO3/c1-2-12-4-6-13(7-5-12)11-17-14(18)10-16(15(19)20)8-3-9-16/h12-13H,2-11H2,1H3,(H,17,18)(H,19,20). The SMILES string of the molecule is CCC1CCC(CNC(=O)CC2(C(=O)O)CCC2)CC1. The van der Waals surface area contributed by atoms with Gasteiger partial charge in [0.2, 0.25) is 5.91 Å². The van der Waals surface area contributed by atoms with Crippen molar-refractivity contribution in [3.8, 4) is 0 Å². The molecule has 0 aliphatic heterocycles.